The van der Waals surface area contributed by atoms with E-state index < -0.39 is 12.0 Å². The number of pyridine rings is 1. The fourth-order valence-corrected chi connectivity index (χ4v) is 4.14. The summed E-state index contributed by atoms with van der Waals surface area (Å²) in [5.41, 5.74) is 3.62. The minimum absolute atomic E-state index is 0.136. The van der Waals surface area contributed by atoms with E-state index in [2.05, 4.69) is 9.88 Å². The zero-order valence-electron chi connectivity index (χ0n) is 20.4. The van der Waals surface area contributed by atoms with Gasteiger partial charge in [0.25, 0.3) is 0 Å². The van der Waals surface area contributed by atoms with Crippen LogP contribution in [0, 0.1) is 6.92 Å². The first-order valence-electron chi connectivity index (χ1n) is 12.1. The zero-order valence-corrected chi connectivity index (χ0v) is 20.4. The summed E-state index contributed by atoms with van der Waals surface area (Å²) in [6.07, 6.45) is 5.09. The third kappa shape index (κ3) is 6.79. The number of ether oxygens (including phenoxy) is 1. The molecule has 1 N–H and O–H groups in total. The first-order valence-corrected chi connectivity index (χ1v) is 12.1. The van der Waals surface area contributed by atoms with E-state index in [0.717, 1.165) is 41.2 Å². The van der Waals surface area contributed by atoms with Gasteiger partial charge in [0.05, 0.1) is 13.2 Å². The molecule has 0 spiro atoms. The lowest BCUT2D eigenvalue weighted by Crippen LogP contribution is -2.45. The summed E-state index contributed by atoms with van der Waals surface area (Å²) in [5, 5.41) is 10.1. The number of aliphatic carboxylic acids is 1. The maximum Gasteiger partial charge on any atom is 0.326 e. The summed E-state index contributed by atoms with van der Waals surface area (Å²) in [6.45, 7) is 5.02. The monoisotopic (exact) mass is 485 g/mol. The van der Waals surface area contributed by atoms with Gasteiger partial charge >= 0.3 is 5.97 Å². The topological polar surface area (TPSA) is 83.0 Å². The maximum absolute atomic E-state index is 13.4. The molecule has 3 aromatic rings. The molecule has 1 fully saturated rings. The van der Waals surface area contributed by atoms with Gasteiger partial charge in [-0.25, -0.2) is 9.78 Å². The van der Waals surface area contributed by atoms with Crippen LogP contribution in [-0.4, -0.2) is 59.2 Å². The second kappa shape index (κ2) is 12.1. The van der Waals surface area contributed by atoms with Crippen molar-refractivity contribution in [3.8, 4) is 0 Å². The summed E-state index contributed by atoms with van der Waals surface area (Å²) in [5.74, 6) is -0.566. The molecule has 1 saturated heterocycles. The molecule has 2 heterocycles. The van der Waals surface area contributed by atoms with Crippen molar-refractivity contribution in [1.82, 2.24) is 9.88 Å². The van der Waals surface area contributed by atoms with Gasteiger partial charge in [-0.15, -0.1) is 0 Å². The Bertz CT molecular complexity index is 1170. The van der Waals surface area contributed by atoms with Crippen LogP contribution in [0.5, 0.6) is 0 Å². The van der Waals surface area contributed by atoms with Crippen molar-refractivity contribution in [3.63, 3.8) is 0 Å². The van der Waals surface area contributed by atoms with E-state index in [1.54, 1.807) is 12.3 Å². The molecule has 0 unspecified atom stereocenters. The van der Waals surface area contributed by atoms with Crippen LogP contribution in [0.15, 0.2) is 79.0 Å². The summed E-state index contributed by atoms with van der Waals surface area (Å²) < 4.78 is 5.41. The van der Waals surface area contributed by atoms with Crippen LogP contribution in [-0.2, 0) is 27.3 Å². The molecule has 36 heavy (non-hydrogen) atoms. The van der Waals surface area contributed by atoms with E-state index in [-0.39, 0.29) is 18.9 Å². The van der Waals surface area contributed by atoms with E-state index in [1.165, 1.54) is 11.0 Å². The van der Waals surface area contributed by atoms with Crippen LogP contribution in [0.4, 0.5) is 5.82 Å². The Morgan fingerprint density at radius 1 is 1.03 bits per heavy atom. The number of amides is 1. The van der Waals surface area contributed by atoms with Crippen LogP contribution < -0.4 is 4.90 Å². The predicted octanol–water partition coefficient (Wildman–Crippen LogP) is 3.96. The Kier molecular flexibility index (Phi) is 8.47. The Hall–Kier alpha value is -3.97. The molecule has 1 aliphatic rings. The number of carbonyl (C=O) groups is 2. The van der Waals surface area contributed by atoms with Gasteiger partial charge in [-0.05, 0) is 35.8 Å². The maximum atomic E-state index is 13.4. The van der Waals surface area contributed by atoms with Gasteiger partial charge in [0.1, 0.15) is 11.9 Å². The first kappa shape index (κ1) is 25.1. The third-order valence-electron chi connectivity index (χ3n) is 6.21. The highest BCUT2D eigenvalue weighted by molar-refractivity contribution is 5.94. The van der Waals surface area contributed by atoms with E-state index in [0.29, 0.717) is 13.2 Å². The summed E-state index contributed by atoms with van der Waals surface area (Å²) in [4.78, 5) is 33.9. The number of benzene rings is 2. The lowest BCUT2D eigenvalue weighted by molar-refractivity contribution is -0.148. The standard InChI is InChI=1S/C29H31N3O4/c1-22-7-9-23(10-8-22)12-14-28(33)32(26(29(34)35)19-24-5-3-2-4-6-24)21-25-11-13-27(30-20-25)31-15-17-36-18-16-31/h2-14,20,26H,15-19,21H2,1H3,(H,34,35)/b14-12+/t26-/m0/s1. The van der Waals surface area contributed by atoms with Crippen LogP contribution in [0.3, 0.4) is 0 Å². The van der Waals surface area contributed by atoms with Crippen molar-refractivity contribution < 1.29 is 19.4 Å². The number of carboxylic acid groups (broad SMARTS) is 1. The lowest BCUT2D eigenvalue weighted by atomic mass is 10.0. The highest BCUT2D eigenvalue weighted by Crippen LogP contribution is 2.18. The Morgan fingerprint density at radius 2 is 1.75 bits per heavy atom. The molecule has 2 aromatic carbocycles. The smallest absolute Gasteiger partial charge is 0.326 e. The van der Waals surface area contributed by atoms with E-state index in [9.17, 15) is 14.7 Å². The van der Waals surface area contributed by atoms with Gasteiger partial charge in [-0.2, -0.15) is 0 Å². The van der Waals surface area contributed by atoms with Crippen molar-refractivity contribution >= 4 is 23.8 Å². The predicted molar refractivity (Wildman–Crippen MR) is 140 cm³/mol. The van der Waals surface area contributed by atoms with E-state index >= 15 is 0 Å². The summed E-state index contributed by atoms with van der Waals surface area (Å²) in [6, 6.07) is 20.0. The Morgan fingerprint density at radius 3 is 2.39 bits per heavy atom. The first-order chi connectivity index (χ1) is 17.5. The van der Waals surface area contributed by atoms with Gasteiger partial charge in [0.2, 0.25) is 5.91 Å². The lowest BCUT2D eigenvalue weighted by Gasteiger charge is -2.29. The molecule has 0 aliphatic carbocycles. The van der Waals surface area contributed by atoms with Crippen molar-refractivity contribution in [3.05, 3.63) is 101 Å². The third-order valence-corrected chi connectivity index (χ3v) is 6.21. The number of aromatic nitrogens is 1. The van der Waals surface area contributed by atoms with Crippen LogP contribution >= 0.6 is 0 Å². The zero-order chi connectivity index (χ0) is 25.3. The van der Waals surface area contributed by atoms with Crippen molar-refractivity contribution in [2.75, 3.05) is 31.2 Å². The normalized spacial score (nSPS) is 14.5. The number of hydrogen-bond acceptors (Lipinski definition) is 5. The second-order valence-electron chi connectivity index (χ2n) is 8.88. The van der Waals surface area contributed by atoms with Crippen molar-refractivity contribution in [2.45, 2.75) is 25.9 Å². The number of carboxylic acids is 1. The minimum Gasteiger partial charge on any atom is -0.480 e. The minimum atomic E-state index is -1.05. The molecule has 1 aliphatic heterocycles. The van der Waals surface area contributed by atoms with Gasteiger partial charge in [0.15, 0.2) is 0 Å². The van der Waals surface area contributed by atoms with Crippen molar-refractivity contribution in [1.29, 1.82) is 0 Å². The number of morpholine rings is 1. The fraction of sp³-hybridized carbons (Fsp3) is 0.276. The summed E-state index contributed by atoms with van der Waals surface area (Å²) in [7, 11) is 0. The van der Waals surface area contributed by atoms with Gasteiger partial charge < -0.3 is 19.6 Å². The number of nitrogens with zero attached hydrogens (tertiary/aromatic N) is 3. The molecular formula is C29H31N3O4. The number of hydrogen-bond donors (Lipinski definition) is 1. The van der Waals surface area contributed by atoms with Gasteiger partial charge in [-0.3, -0.25) is 4.79 Å². The Balaban J connectivity index is 1.57. The van der Waals surface area contributed by atoms with Gasteiger partial charge in [-0.1, -0.05) is 66.2 Å². The molecule has 7 heteroatoms. The van der Waals surface area contributed by atoms with E-state index in [1.807, 2.05) is 73.7 Å². The molecule has 1 aromatic heterocycles. The molecule has 186 valence electrons. The average Bonchev–Trinajstić information content (AvgIpc) is 2.91. The Labute approximate surface area is 211 Å². The van der Waals surface area contributed by atoms with E-state index in [4.69, 9.17) is 4.74 Å². The quantitative estimate of drug-likeness (QED) is 0.462. The molecule has 7 nitrogen and oxygen atoms in total. The molecule has 0 saturated carbocycles. The largest absolute Gasteiger partial charge is 0.480 e. The number of carbonyl (C=O) groups excluding carboxylic acids is 1. The molecular weight excluding hydrogens is 454 g/mol. The van der Waals surface area contributed by atoms with Crippen molar-refractivity contribution in [2.24, 2.45) is 0 Å². The fourth-order valence-electron chi connectivity index (χ4n) is 4.14. The molecule has 0 bridgehead atoms. The highest BCUT2D eigenvalue weighted by atomic mass is 16.5. The van der Waals surface area contributed by atoms with Crippen LogP contribution in [0.25, 0.3) is 6.08 Å². The number of rotatable bonds is 9. The number of anilines is 1. The van der Waals surface area contributed by atoms with Crippen LogP contribution in [0.2, 0.25) is 0 Å². The summed E-state index contributed by atoms with van der Waals surface area (Å²) >= 11 is 0. The number of aryl methyl sites for hydroxylation is 1. The SMILES string of the molecule is Cc1ccc(/C=C/C(=O)N(Cc2ccc(N3CCOCC3)nc2)[C@@H](Cc2ccccc2)C(=O)O)cc1. The molecule has 0 radical (unpaired) electrons. The molecule has 1 atom stereocenters. The average molecular weight is 486 g/mol. The highest BCUT2D eigenvalue weighted by Gasteiger charge is 2.29. The molecule has 1 amide bonds. The van der Waals surface area contributed by atoms with Crippen LogP contribution in [0.1, 0.15) is 22.3 Å². The van der Waals surface area contributed by atoms with Gasteiger partial charge in [0, 0.05) is 38.3 Å². The second-order valence-corrected chi connectivity index (χ2v) is 8.88. The molecule has 4 rings (SSSR count).